The molecular weight excluding hydrogens is 441 g/mol. The maximum absolute atomic E-state index is 2.95. The van der Waals surface area contributed by atoms with E-state index in [2.05, 4.69) is 88.9 Å². The zero-order valence-electron chi connectivity index (χ0n) is 23.4. The van der Waals surface area contributed by atoms with E-state index in [1.807, 2.05) is 0 Å². The summed E-state index contributed by atoms with van der Waals surface area (Å²) in [5.74, 6) is 0.539. The second kappa shape index (κ2) is 11.9. The highest BCUT2D eigenvalue weighted by atomic mass is 31.1. The lowest BCUT2D eigenvalue weighted by molar-refractivity contribution is 0.109. The molecule has 0 radical (unpaired) electrons. The second-order valence-electron chi connectivity index (χ2n) is 12.5. The van der Waals surface area contributed by atoms with Crippen LogP contribution in [0.1, 0.15) is 119 Å². The Balaban J connectivity index is 1.89. The summed E-state index contributed by atoms with van der Waals surface area (Å²) in [4.78, 5) is 2.95. The Bertz CT molecular complexity index is 890. The van der Waals surface area contributed by atoms with Gasteiger partial charge in [0.2, 0.25) is 0 Å². The largest absolute Gasteiger partial charge is 0.283 e. The molecule has 0 heterocycles. The van der Waals surface area contributed by atoms with Crippen LogP contribution in [0.2, 0.25) is 0 Å². The van der Waals surface area contributed by atoms with Gasteiger partial charge in [-0.3, -0.25) is 4.90 Å². The predicted molar refractivity (Wildman–Crippen MR) is 156 cm³/mol. The van der Waals surface area contributed by atoms with E-state index in [1.165, 1.54) is 86.5 Å². The standard InChI is InChI=1S/C33H50NP/c1-25-22-26(2)31(27(3)23-25)32(34(33(4,5)6)24-28-16-10-7-11-17-28)35(29-18-12-8-13-19-29)30-20-14-9-15-21-30/h7,10-11,16-17,22-23,29-30,32H,8-9,12-15,18-21,24H2,1-6H3. The molecule has 4 rings (SSSR count). The topological polar surface area (TPSA) is 3.24 Å². The van der Waals surface area contributed by atoms with Crippen LogP contribution in [0.3, 0.4) is 0 Å². The van der Waals surface area contributed by atoms with Crippen molar-refractivity contribution in [1.82, 2.24) is 4.90 Å². The fourth-order valence-electron chi connectivity index (χ4n) is 6.99. The molecule has 1 nitrogen and oxygen atoms in total. The summed E-state index contributed by atoms with van der Waals surface area (Å²) in [5.41, 5.74) is 9.53. The summed E-state index contributed by atoms with van der Waals surface area (Å²) in [6, 6.07) is 16.2. The van der Waals surface area contributed by atoms with Crippen molar-refractivity contribution in [3.05, 3.63) is 70.3 Å². The van der Waals surface area contributed by atoms with E-state index < -0.39 is 0 Å². The van der Waals surface area contributed by atoms with Crippen LogP contribution < -0.4 is 0 Å². The lowest BCUT2D eigenvalue weighted by Crippen LogP contribution is -2.45. The fourth-order valence-corrected chi connectivity index (χ4v) is 11.8. The molecule has 2 aliphatic carbocycles. The molecule has 1 unspecified atom stereocenters. The van der Waals surface area contributed by atoms with Gasteiger partial charge in [-0.15, -0.1) is 0 Å². The van der Waals surface area contributed by atoms with Gasteiger partial charge >= 0.3 is 0 Å². The minimum Gasteiger partial charge on any atom is -0.283 e. The van der Waals surface area contributed by atoms with Gasteiger partial charge in [0.15, 0.2) is 0 Å². The molecule has 2 heteroatoms. The van der Waals surface area contributed by atoms with Crippen LogP contribution in [0.4, 0.5) is 0 Å². The molecule has 0 spiro atoms. The van der Waals surface area contributed by atoms with E-state index in [0.717, 1.165) is 17.9 Å². The van der Waals surface area contributed by atoms with Gasteiger partial charge < -0.3 is 0 Å². The predicted octanol–water partition coefficient (Wildman–Crippen LogP) is 10.1. The summed E-state index contributed by atoms with van der Waals surface area (Å²) in [7, 11) is -0.153. The molecule has 2 saturated carbocycles. The minimum absolute atomic E-state index is 0.105. The second-order valence-corrected chi connectivity index (χ2v) is 15.3. The number of benzene rings is 2. The first-order chi connectivity index (χ1) is 16.8. The van der Waals surface area contributed by atoms with Crippen molar-refractivity contribution in [2.45, 2.75) is 135 Å². The summed E-state index contributed by atoms with van der Waals surface area (Å²) in [5, 5.41) is 0. The first kappa shape index (κ1) is 26.9. The lowest BCUT2D eigenvalue weighted by atomic mass is 9.96. The van der Waals surface area contributed by atoms with E-state index in [1.54, 1.807) is 5.56 Å². The fraction of sp³-hybridized carbons (Fsp3) is 0.636. The molecule has 0 N–H and O–H groups in total. The monoisotopic (exact) mass is 491 g/mol. The van der Waals surface area contributed by atoms with Gasteiger partial charge in [0.25, 0.3) is 0 Å². The molecule has 2 aliphatic rings. The molecule has 2 aromatic carbocycles. The van der Waals surface area contributed by atoms with Crippen LogP contribution in [0.15, 0.2) is 42.5 Å². The molecule has 0 aliphatic heterocycles. The van der Waals surface area contributed by atoms with Crippen molar-refractivity contribution >= 4 is 7.92 Å². The number of rotatable bonds is 7. The van der Waals surface area contributed by atoms with Gasteiger partial charge in [-0.1, -0.05) is 94.5 Å². The number of nitrogens with zero attached hydrogens (tertiary/aromatic N) is 1. The maximum Gasteiger partial charge on any atom is 0.0565 e. The van der Waals surface area contributed by atoms with Crippen LogP contribution >= 0.6 is 7.92 Å². The van der Waals surface area contributed by atoms with E-state index >= 15 is 0 Å². The first-order valence-corrected chi connectivity index (χ1v) is 16.0. The third-order valence-corrected chi connectivity index (χ3v) is 12.4. The minimum atomic E-state index is -0.153. The Morgan fingerprint density at radius 3 is 1.71 bits per heavy atom. The number of hydrogen-bond acceptors (Lipinski definition) is 1. The zero-order chi connectivity index (χ0) is 25.0. The average Bonchev–Trinajstić information content (AvgIpc) is 2.83. The molecule has 0 aromatic heterocycles. The Morgan fingerprint density at radius 2 is 1.26 bits per heavy atom. The summed E-state index contributed by atoms with van der Waals surface area (Å²) < 4.78 is 0. The normalized spacial score (nSPS) is 19.4. The van der Waals surface area contributed by atoms with E-state index in [4.69, 9.17) is 0 Å². The Labute approximate surface area is 217 Å². The molecule has 2 fully saturated rings. The Kier molecular flexibility index (Phi) is 9.15. The van der Waals surface area contributed by atoms with Crippen molar-refractivity contribution in [2.75, 3.05) is 0 Å². The molecule has 35 heavy (non-hydrogen) atoms. The quantitative estimate of drug-likeness (QED) is 0.348. The smallest absolute Gasteiger partial charge is 0.0565 e. The molecule has 192 valence electrons. The highest BCUT2D eigenvalue weighted by Crippen LogP contribution is 2.67. The number of aryl methyl sites for hydroxylation is 3. The van der Waals surface area contributed by atoms with Crippen LogP contribution in [0.5, 0.6) is 0 Å². The van der Waals surface area contributed by atoms with Crippen LogP contribution in [-0.2, 0) is 6.54 Å². The van der Waals surface area contributed by atoms with Gasteiger partial charge in [-0.05, 0) is 101 Å². The van der Waals surface area contributed by atoms with Gasteiger partial charge in [-0.25, -0.2) is 0 Å². The third-order valence-electron chi connectivity index (χ3n) is 8.62. The zero-order valence-corrected chi connectivity index (χ0v) is 24.3. The first-order valence-electron chi connectivity index (χ1n) is 14.4. The SMILES string of the molecule is Cc1cc(C)c(C(N(Cc2ccccc2)C(C)(C)C)P(C2CCCCC2)C2CCCCC2)c(C)c1. The van der Waals surface area contributed by atoms with Crippen molar-refractivity contribution in [3.8, 4) is 0 Å². The highest BCUT2D eigenvalue weighted by molar-refractivity contribution is 7.59. The van der Waals surface area contributed by atoms with E-state index in [9.17, 15) is 0 Å². The van der Waals surface area contributed by atoms with Gasteiger partial charge in [0.1, 0.15) is 0 Å². The molecule has 1 atom stereocenters. The summed E-state index contributed by atoms with van der Waals surface area (Å²) in [6.45, 7) is 15.5. The van der Waals surface area contributed by atoms with Crippen molar-refractivity contribution in [2.24, 2.45) is 0 Å². The Hall–Kier alpha value is -1.17. The van der Waals surface area contributed by atoms with Crippen molar-refractivity contribution in [3.63, 3.8) is 0 Å². The average molecular weight is 492 g/mol. The number of hydrogen-bond donors (Lipinski definition) is 0. The maximum atomic E-state index is 2.95. The van der Waals surface area contributed by atoms with Gasteiger partial charge in [-0.2, -0.15) is 0 Å². The van der Waals surface area contributed by atoms with Crippen LogP contribution in [0.25, 0.3) is 0 Å². The molecule has 0 saturated heterocycles. The lowest BCUT2D eigenvalue weighted by Gasteiger charge is -2.52. The third kappa shape index (κ3) is 6.59. The molecule has 0 amide bonds. The van der Waals surface area contributed by atoms with Crippen LogP contribution in [0, 0.1) is 20.8 Å². The molecule has 0 bridgehead atoms. The summed E-state index contributed by atoms with van der Waals surface area (Å²) in [6.07, 6.45) is 14.5. The van der Waals surface area contributed by atoms with Gasteiger partial charge in [0, 0.05) is 12.1 Å². The van der Waals surface area contributed by atoms with Gasteiger partial charge in [0.05, 0.1) is 5.78 Å². The van der Waals surface area contributed by atoms with Crippen molar-refractivity contribution in [1.29, 1.82) is 0 Å². The Morgan fingerprint density at radius 1 is 0.771 bits per heavy atom. The summed E-state index contributed by atoms with van der Waals surface area (Å²) >= 11 is 0. The highest BCUT2D eigenvalue weighted by Gasteiger charge is 2.43. The molecule has 2 aromatic rings. The van der Waals surface area contributed by atoms with E-state index in [0.29, 0.717) is 5.78 Å². The van der Waals surface area contributed by atoms with Crippen LogP contribution in [-0.4, -0.2) is 21.8 Å². The molecular formula is C33H50NP. The van der Waals surface area contributed by atoms with Crippen molar-refractivity contribution < 1.29 is 0 Å². The van der Waals surface area contributed by atoms with E-state index in [-0.39, 0.29) is 13.5 Å².